The fourth-order valence-corrected chi connectivity index (χ4v) is 4.97. The Labute approximate surface area is 195 Å². The van der Waals surface area contributed by atoms with Crippen LogP contribution < -0.4 is 20.3 Å². The number of amides is 1. The van der Waals surface area contributed by atoms with Gasteiger partial charge >= 0.3 is 0 Å². The Morgan fingerprint density at radius 1 is 1.16 bits per heavy atom. The van der Waals surface area contributed by atoms with Gasteiger partial charge < -0.3 is 19.8 Å². The van der Waals surface area contributed by atoms with Gasteiger partial charge in [0.05, 0.1) is 16.8 Å². The number of carbonyl (C=O) groups is 1. The second-order valence-corrected chi connectivity index (χ2v) is 10.4. The van der Waals surface area contributed by atoms with E-state index in [9.17, 15) is 18.0 Å². The summed E-state index contributed by atoms with van der Waals surface area (Å²) in [5.41, 5.74) is 0.0489. The maximum atomic E-state index is 12.7. The number of H-pyrrole nitrogens is 1. The van der Waals surface area contributed by atoms with Crippen LogP contribution in [0.3, 0.4) is 0 Å². The van der Waals surface area contributed by atoms with E-state index in [2.05, 4.69) is 31.2 Å². The third kappa shape index (κ3) is 4.97. The monoisotopic (exact) mass is 537 g/mol. The smallest absolute Gasteiger partial charge is 0.270 e. The zero-order valence-corrected chi connectivity index (χ0v) is 19.6. The summed E-state index contributed by atoms with van der Waals surface area (Å²) in [4.78, 5) is 30.4. The molecule has 0 saturated carbocycles. The van der Waals surface area contributed by atoms with Gasteiger partial charge in [0.25, 0.3) is 5.56 Å². The second kappa shape index (κ2) is 9.35. The van der Waals surface area contributed by atoms with Gasteiger partial charge in [0.2, 0.25) is 22.5 Å². The topological polar surface area (TPSA) is 127 Å². The molecule has 0 spiro atoms. The van der Waals surface area contributed by atoms with E-state index in [1.54, 1.807) is 24.3 Å². The van der Waals surface area contributed by atoms with Gasteiger partial charge in [0.15, 0.2) is 21.6 Å². The Kier molecular flexibility index (Phi) is 6.53. The van der Waals surface area contributed by atoms with Gasteiger partial charge in [-0.3, -0.25) is 9.59 Å². The number of carbonyl (C=O) groups excluding carboxylic acids is 1. The lowest BCUT2D eigenvalue weighted by Gasteiger charge is -2.07. The van der Waals surface area contributed by atoms with Crippen LogP contribution in [0.1, 0.15) is 5.56 Å². The normalized spacial score (nSPS) is 12.5. The molecule has 0 bridgehead atoms. The largest absolute Gasteiger partial charge is 0.454 e. The molecule has 3 aromatic rings. The fraction of sp³-hybridized carbons (Fsp3) is 0.150. The van der Waals surface area contributed by atoms with Crippen LogP contribution in [0.5, 0.6) is 11.5 Å². The van der Waals surface area contributed by atoms with Crippen LogP contribution in [0.15, 0.2) is 72.9 Å². The Balaban J connectivity index is 1.36. The van der Waals surface area contributed by atoms with Crippen LogP contribution in [-0.4, -0.2) is 36.8 Å². The molecule has 0 atom stereocenters. The van der Waals surface area contributed by atoms with Gasteiger partial charge in [0.1, 0.15) is 0 Å². The van der Waals surface area contributed by atoms with Crippen molar-refractivity contribution in [3.63, 3.8) is 0 Å². The number of rotatable bonds is 7. The summed E-state index contributed by atoms with van der Waals surface area (Å²) in [6.45, 7) is 0.473. The van der Waals surface area contributed by atoms with Crippen LogP contribution in [0.25, 0.3) is 0 Å². The summed E-state index contributed by atoms with van der Waals surface area (Å²) in [6.07, 6.45) is 1.00. The summed E-state index contributed by atoms with van der Waals surface area (Å²) < 4.78 is 36.6. The van der Waals surface area contributed by atoms with Gasteiger partial charge in [-0.25, -0.2) is 13.4 Å². The molecule has 1 amide bonds. The molecule has 0 unspecified atom stereocenters. The number of aromatic amines is 1. The van der Waals surface area contributed by atoms with E-state index in [0.717, 1.165) is 23.5 Å². The number of benzene rings is 2. The molecule has 4 rings (SSSR count). The van der Waals surface area contributed by atoms with Crippen LogP contribution in [-0.2, 0) is 21.2 Å². The molecule has 0 saturated heterocycles. The maximum Gasteiger partial charge on any atom is 0.270 e. The van der Waals surface area contributed by atoms with E-state index in [-0.39, 0.29) is 28.5 Å². The molecule has 2 N–H and O–H groups in total. The van der Waals surface area contributed by atoms with Crippen molar-refractivity contribution in [2.75, 3.05) is 12.5 Å². The maximum absolute atomic E-state index is 12.7. The first-order valence-electron chi connectivity index (χ1n) is 9.21. The summed E-state index contributed by atoms with van der Waals surface area (Å²) in [5, 5.41) is 2.90. The molecular formula is C20H16BrN3O6S2. The number of thioether (sulfide) groups is 1. The van der Waals surface area contributed by atoms with Gasteiger partial charge in [-0.05, 0) is 42.0 Å². The number of nitrogens with one attached hydrogen (secondary N) is 2. The van der Waals surface area contributed by atoms with E-state index in [1.165, 1.54) is 12.1 Å². The third-order valence-electron chi connectivity index (χ3n) is 4.42. The first-order valence-corrected chi connectivity index (χ1v) is 12.5. The van der Waals surface area contributed by atoms with Crippen LogP contribution in [0, 0.1) is 0 Å². The molecule has 1 aliphatic heterocycles. The van der Waals surface area contributed by atoms with Gasteiger partial charge in [-0.15, -0.1) is 0 Å². The summed E-state index contributed by atoms with van der Waals surface area (Å²) in [5.74, 6) is 1.01. The molecule has 2 heterocycles. The average Bonchev–Trinajstić information content (AvgIpc) is 3.24. The van der Waals surface area contributed by atoms with E-state index in [4.69, 9.17) is 9.47 Å². The third-order valence-corrected chi connectivity index (χ3v) is 7.60. The molecule has 0 fully saturated rings. The van der Waals surface area contributed by atoms with Crippen LogP contribution in [0.4, 0.5) is 0 Å². The predicted molar refractivity (Wildman–Crippen MR) is 120 cm³/mol. The Morgan fingerprint density at radius 3 is 2.66 bits per heavy atom. The predicted octanol–water partition coefficient (Wildman–Crippen LogP) is 2.50. The molecular weight excluding hydrogens is 522 g/mol. The minimum atomic E-state index is -4.01. The van der Waals surface area contributed by atoms with Crippen molar-refractivity contribution >= 4 is 43.4 Å². The number of fused-ring (bicyclic) bond motifs is 1. The standard InChI is InChI=1S/C20H16BrN3O6S2/c21-13-2-4-14(5-3-13)32(27,28)17-9-23-20(24-19(17)26)31-10-18(25)22-8-12-1-6-15-16(7-12)30-11-29-15/h1-7,9H,8,10-11H2,(H,22,25)(H,23,24,26). The molecule has 9 nitrogen and oxygen atoms in total. The lowest BCUT2D eigenvalue weighted by atomic mass is 10.2. The first kappa shape index (κ1) is 22.4. The molecule has 32 heavy (non-hydrogen) atoms. The Bertz CT molecular complexity index is 1330. The molecule has 0 aliphatic carbocycles. The van der Waals surface area contributed by atoms with Crippen molar-refractivity contribution in [3.8, 4) is 11.5 Å². The van der Waals surface area contributed by atoms with E-state index < -0.39 is 20.3 Å². The lowest BCUT2D eigenvalue weighted by molar-refractivity contribution is -0.118. The highest BCUT2D eigenvalue weighted by atomic mass is 79.9. The van der Waals surface area contributed by atoms with Crippen molar-refractivity contribution in [2.45, 2.75) is 21.5 Å². The molecule has 2 aromatic carbocycles. The van der Waals surface area contributed by atoms with Crippen molar-refractivity contribution in [1.82, 2.24) is 15.3 Å². The number of ether oxygens (including phenoxy) is 2. The zero-order chi connectivity index (χ0) is 22.7. The van der Waals surface area contributed by atoms with E-state index in [0.29, 0.717) is 22.5 Å². The highest BCUT2D eigenvalue weighted by Gasteiger charge is 2.22. The Morgan fingerprint density at radius 2 is 1.91 bits per heavy atom. The number of halogens is 1. The van der Waals surface area contributed by atoms with Crippen molar-refractivity contribution in [2.24, 2.45) is 0 Å². The zero-order valence-electron chi connectivity index (χ0n) is 16.3. The van der Waals surface area contributed by atoms with Crippen molar-refractivity contribution in [1.29, 1.82) is 0 Å². The van der Waals surface area contributed by atoms with Crippen LogP contribution >= 0.6 is 27.7 Å². The lowest BCUT2D eigenvalue weighted by Crippen LogP contribution is -2.25. The number of hydrogen-bond acceptors (Lipinski definition) is 8. The van der Waals surface area contributed by atoms with Crippen LogP contribution in [0.2, 0.25) is 0 Å². The summed E-state index contributed by atoms with van der Waals surface area (Å²) in [7, 11) is -4.01. The quantitative estimate of drug-likeness (QED) is 0.347. The number of aromatic nitrogens is 2. The number of hydrogen-bond donors (Lipinski definition) is 2. The highest BCUT2D eigenvalue weighted by molar-refractivity contribution is 9.10. The van der Waals surface area contributed by atoms with Crippen molar-refractivity contribution in [3.05, 3.63) is 69.1 Å². The number of nitrogens with zero attached hydrogens (tertiary/aromatic N) is 1. The second-order valence-electron chi connectivity index (χ2n) is 6.59. The number of sulfone groups is 1. The molecule has 1 aliphatic rings. The summed E-state index contributed by atoms with van der Waals surface area (Å²) >= 11 is 4.23. The average molecular weight is 538 g/mol. The summed E-state index contributed by atoms with van der Waals surface area (Å²) in [6, 6.07) is 11.3. The highest BCUT2D eigenvalue weighted by Crippen LogP contribution is 2.32. The molecule has 12 heteroatoms. The molecule has 1 aromatic heterocycles. The van der Waals surface area contributed by atoms with E-state index in [1.807, 2.05) is 6.07 Å². The van der Waals surface area contributed by atoms with Gasteiger partial charge in [0, 0.05) is 11.0 Å². The van der Waals surface area contributed by atoms with E-state index >= 15 is 0 Å². The minimum absolute atomic E-state index is 0.00764. The first-order chi connectivity index (χ1) is 15.3. The SMILES string of the molecule is O=C(CSc1ncc(S(=O)(=O)c2ccc(Br)cc2)c(=O)[nH]1)NCc1ccc2c(c1)OCO2. The fourth-order valence-electron chi connectivity index (χ4n) is 2.81. The molecule has 0 radical (unpaired) electrons. The van der Waals surface area contributed by atoms with Gasteiger partial charge in [-0.1, -0.05) is 33.8 Å². The van der Waals surface area contributed by atoms with Crippen molar-refractivity contribution < 1.29 is 22.7 Å². The minimum Gasteiger partial charge on any atom is -0.454 e. The molecule has 166 valence electrons. The Hall–Kier alpha value is -2.83. The van der Waals surface area contributed by atoms with Gasteiger partial charge in [-0.2, -0.15) is 0 Å².